The van der Waals surface area contributed by atoms with E-state index >= 15 is 0 Å². The van der Waals surface area contributed by atoms with Gasteiger partial charge in [-0.1, -0.05) is 36.0 Å². The zero-order valence-corrected chi connectivity index (χ0v) is 15.3. The van der Waals surface area contributed by atoms with Crippen molar-refractivity contribution in [1.29, 1.82) is 0 Å². The minimum atomic E-state index is -0.482. The van der Waals surface area contributed by atoms with Gasteiger partial charge in [-0.15, -0.1) is 0 Å². The lowest BCUT2D eigenvalue weighted by atomic mass is 10.1. The molecule has 0 saturated heterocycles. The molecule has 0 atom stereocenters. The second-order valence-corrected chi connectivity index (χ2v) is 7.27. The molecular formula is C19H16N4O3S. The molecule has 0 aliphatic carbocycles. The number of nitro benzene ring substituents is 1. The number of hydrogen-bond donors (Lipinski definition) is 1. The number of rotatable bonds is 4. The van der Waals surface area contributed by atoms with E-state index in [9.17, 15) is 14.9 Å². The van der Waals surface area contributed by atoms with Crippen molar-refractivity contribution in [1.82, 2.24) is 9.55 Å². The lowest BCUT2D eigenvalue weighted by Gasteiger charge is -2.10. The van der Waals surface area contributed by atoms with Gasteiger partial charge in [0.05, 0.1) is 16.3 Å². The van der Waals surface area contributed by atoms with Gasteiger partial charge >= 0.3 is 0 Å². The molecule has 0 bridgehead atoms. The number of imidazole rings is 1. The number of anilines is 1. The number of para-hydroxylation sites is 1. The lowest BCUT2D eigenvalue weighted by Crippen LogP contribution is -2.13. The van der Waals surface area contributed by atoms with Gasteiger partial charge in [-0.2, -0.15) is 0 Å². The van der Waals surface area contributed by atoms with E-state index in [0.717, 1.165) is 28.7 Å². The van der Waals surface area contributed by atoms with E-state index in [1.807, 2.05) is 24.4 Å². The fraction of sp³-hybridized carbons (Fsp3) is 0.158. The van der Waals surface area contributed by atoms with Gasteiger partial charge in [0.1, 0.15) is 0 Å². The molecule has 27 heavy (non-hydrogen) atoms. The first-order valence-corrected chi connectivity index (χ1v) is 9.37. The highest BCUT2D eigenvalue weighted by molar-refractivity contribution is 7.99. The minimum Gasteiger partial charge on any atom is -0.325 e. The molecule has 0 spiro atoms. The largest absolute Gasteiger partial charge is 0.325 e. The summed E-state index contributed by atoms with van der Waals surface area (Å²) in [4.78, 5) is 27.9. The Morgan fingerprint density at radius 2 is 2.11 bits per heavy atom. The van der Waals surface area contributed by atoms with Gasteiger partial charge in [0, 0.05) is 41.3 Å². The summed E-state index contributed by atoms with van der Waals surface area (Å²) in [5.74, 6) is 0.624. The fourth-order valence-corrected chi connectivity index (χ4v) is 3.94. The number of nitro groups is 1. The topological polar surface area (TPSA) is 90.1 Å². The maximum atomic E-state index is 12.7. The van der Waals surface area contributed by atoms with Crippen molar-refractivity contribution in [2.75, 3.05) is 11.1 Å². The number of nitrogens with zero attached hydrogens (tertiary/aromatic N) is 3. The van der Waals surface area contributed by atoms with Crippen LogP contribution < -0.4 is 5.32 Å². The minimum absolute atomic E-state index is 0.0708. The molecule has 8 heteroatoms. The standard InChI is InChI=1S/C19H16N4O3S/c1-12-6-7-13(10-17(12)23(25)26)18(24)20-15-5-3-2-4-14(15)16-11-22-8-9-27-19(22)21-16/h2-7,10-11H,8-9H2,1H3,(H,20,24). The van der Waals surface area contributed by atoms with Crippen molar-refractivity contribution in [2.24, 2.45) is 0 Å². The molecule has 1 N–H and O–H groups in total. The summed E-state index contributed by atoms with van der Waals surface area (Å²) in [6.07, 6.45) is 1.98. The van der Waals surface area contributed by atoms with Gasteiger partial charge in [-0.25, -0.2) is 4.98 Å². The third-order valence-electron chi connectivity index (χ3n) is 4.42. The monoisotopic (exact) mass is 380 g/mol. The second kappa shape index (κ2) is 6.88. The predicted molar refractivity (Wildman–Crippen MR) is 104 cm³/mol. The molecule has 3 aromatic rings. The highest BCUT2D eigenvalue weighted by Gasteiger charge is 2.19. The average Bonchev–Trinajstić information content (AvgIpc) is 3.24. The van der Waals surface area contributed by atoms with Crippen LogP contribution in [0.4, 0.5) is 11.4 Å². The molecule has 4 rings (SSSR count). The van der Waals surface area contributed by atoms with Crippen molar-refractivity contribution in [3.8, 4) is 11.3 Å². The summed E-state index contributed by atoms with van der Waals surface area (Å²) in [5.41, 5.74) is 2.91. The predicted octanol–water partition coefficient (Wildman–Crippen LogP) is 4.12. The fourth-order valence-electron chi connectivity index (χ4n) is 3.00. The zero-order valence-electron chi connectivity index (χ0n) is 14.5. The highest BCUT2D eigenvalue weighted by atomic mass is 32.2. The van der Waals surface area contributed by atoms with Crippen LogP contribution in [0.3, 0.4) is 0 Å². The molecule has 0 radical (unpaired) electrons. The van der Waals surface area contributed by atoms with E-state index < -0.39 is 10.8 Å². The molecular weight excluding hydrogens is 364 g/mol. The molecule has 2 heterocycles. The normalized spacial score (nSPS) is 12.6. The van der Waals surface area contributed by atoms with Crippen molar-refractivity contribution < 1.29 is 9.72 Å². The lowest BCUT2D eigenvalue weighted by molar-refractivity contribution is -0.385. The van der Waals surface area contributed by atoms with Crippen molar-refractivity contribution in [3.63, 3.8) is 0 Å². The molecule has 1 aromatic heterocycles. The Bertz CT molecular complexity index is 1040. The number of amides is 1. The number of carbonyl (C=O) groups is 1. The van der Waals surface area contributed by atoms with Crippen LogP contribution in [0.25, 0.3) is 11.3 Å². The van der Waals surface area contributed by atoms with Crippen molar-refractivity contribution in [2.45, 2.75) is 18.6 Å². The van der Waals surface area contributed by atoms with Crippen LogP contribution in [0.15, 0.2) is 53.8 Å². The van der Waals surface area contributed by atoms with E-state index in [1.165, 1.54) is 6.07 Å². The molecule has 2 aromatic carbocycles. The van der Waals surface area contributed by atoms with Crippen LogP contribution in [0.2, 0.25) is 0 Å². The number of aromatic nitrogens is 2. The molecule has 0 unspecified atom stereocenters. The van der Waals surface area contributed by atoms with Gasteiger partial charge < -0.3 is 9.88 Å². The van der Waals surface area contributed by atoms with Gasteiger partial charge in [0.25, 0.3) is 11.6 Å². The summed E-state index contributed by atoms with van der Waals surface area (Å²) in [7, 11) is 0. The van der Waals surface area contributed by atoms with Crippen LogP contribution in [0, 0.1) is 17.0 Å². The first-order chi connectivity index (χ1) is 13.0. The van der Waals surface area contributed by atoms with E-state index in [1.54, 1.807) is 36.9 Å². The van der Waals surface area contributed by atoms with Gasteiger partial charge in [0.2, 0.25) is 0 Å². The SMILES string of the molecule is Cc1ccc(C(=O)Nc2ccccc2-c2cn3c(n2)SCC3)cc1[N+](=O)[O-]. The first kappa shape index (κ1) is 17.3. The Morgan fingerprint density at radius 1 is 1.30 bits per heavy atom. The molecule has 1 aliphatic rings. The molecule has 7 nitrogen and oxygen atoms in total. The third-order valence-corrected chi connectivity index (χ3v) is 5.39. The van der Waals surface area contributed by atoms with Crippen LogP contribution in [0.1, 0.15) is 15.9 Å². The van der Waals surface area contributed by atoms with Crippen LogP contribution in [0.5, 0.6) is 0 Å². The number of benzene rings is 2. The Kier molecular flexibility index (Phi) is 4.41. The van der Waals surface area contributed by atoms with E-state index in [2.05, 4.69) is 14.9 Å². The number of nitrogens with one attached hydrogen (secondary N) is 1. The smallest absolute Gasteiger partial charge is 0.273 e. The summed E-state index contributed by atoms with van der Waals surface area (Å²) < 4.78 is 2.10. The van der Waals surface area contributed by atoms with Crippen LogP contribution >= 0.6 is 11.8 Å². The summed E-state index contributed by atoms with van der Waals surface area (Å²) in [6, 6.07) is 11.9. The highest BCUT2D eigenvalue weighted by Crippen LogP contribution is 2.32. The Balaban J connectivity index is 1.64. The average molecular weight is 380 g/mol. The maximum Gasteiger partial charge on any atom is 0.273 e. The number of aryl methyl sites for hydroxylation is 2. The maximum absolute atomic E-state index is 12.7. The van der Waals surface area contributed by atoms with Crippen LogP contribution in [-0.2, 0) is 6.54 Å². The molecule has 1 amide bonds. The summed E-state index contributed by atoms with van der Waals surface area (Å²) >= 11 is 1.71. The van der Waals surface area contributed by atoms with Crippen molar-refractivity contribution in [3.05, 3.63) is 69.9 Å². The zero-order chi connectivity index (χ0) is 19.0. The molecule has 136 valence electrons. The van der Waals surface area contributed by atoms with Crippen molar-refractivity contribution >= 4 is 29.0 Å². The van der Waals surface area contributed by atoms with Gasteiger partial charge in [-0.3, -0.25) is 14.9 Å². The Morgan fingerprint density at radius 3 is 2.89 bits per heavy atom. The van der Waals surface area contributed by atoms with Gasteiger partial charge in [0.15, 0.2) is 5.16 Å². The Labute approximate surface area is 159 Å². The number of hydrogen-bond acceptors (Lipinski definition) is 5. The quantitative estimate of drug-likeness (QED) is 0.543. The molecule has 0 fully saturated rings. The third kappa shape index (κ3) is 3.31. The summed E-state index contributed by atoms with van der Waals surface area (Å²) in [6.45, 7) is 2.57. The second-order valence-electron chi connectivity index (χ2n) is 6.21. The van der Waals surface area contributed by atoms with Gasteiger partial charge in [-0.05, 0) is 19.1 Å². The van der Waals surface area contributed by atoms with Crippen LogP contribution in [-0.4, -0.2) is 26.1 Å². The Hall–Kier alpha value is -3.13. The van der Waals surface area contributed by atoms with E-state index in [4.69, 9.17) is 0 Å². The van der Waals surface area contributed by atoms with E-state index in [-0.39, 0.29) is 11.3 Å². The number of thioether (sulfide) groups is 1. The van der Waals surface area contributed by atoms with E-state index in [0.29, 0.717) is 11.3 Å². The summed E-state index contributed by atoms with van der Waals surface area (Å²) in [5, 5.41) is 15.0. The molecule has 1 aliphatic heterocycles. The number of fused-ring (bicyclic) bond motifs is 1. The molecule has 0 saturated carbocycles. The first-order valence-electron chi connectivity index (χ1n) is 8.38. The number of carbonyl (C=O) groups excluding carboxylic acids is 1.